The number of hydrogen-bond acceptors (Lipinski definition) is 4. The Bertz CT molecular complexity index is 1260. The van der Waals surface area contributed by atoms with Crippen LogP contribution in [-0.4, -0.2) is 42.0 Å². The maximum atomic E-state index is 14.1. The minimum Gasteiger partial charge on any atom is -0.366 e. The molecule has 5 rings (SSSR count). The van der Waals surface area contributed by atoms with Crippen LogP contribution in [0.25, 0.3) is 21.5 Å². The molecule has 1 fully saturated rings. The molecule has 0 atom stereocenters. The van der Waals surface area contributed by atoms with Gasteiger partial charge in [0.05, 0.1) is 27.3 Å². The Hall–Kier alpha value is -3.25. The number of rotatable bonds is 3. The van der Waals surface area contributed by atoms with Crippen LogP contribution in [0.3, 0.4) is 0 Å². The van der Waals surface area contributed by atoms with Gasteiger partial charge in [0, 0.05) is 36.4 Å². The molecule has 1 aliphatic rings. The van der Waals surface area contributed by atoms with Gasteiger partial charge in [-0.1, -0.05) is 30.3 Å². The number of aryl methyl sites for hydroxylation is 1. The second kappa shape index (κ2) is 8.12. The van der Waals surface area contributed by atoms with Gasteiger partial charge in [-0.3, -0.25) is 4.79 Å². The highest BCUT2D eigenvalue weighted by Gasteiger charge is 2.25. The molecule has 31 heavy (non-hydrogen) atoms. The molecule has 4 nitrogen and oxygen atoms in total. The van der Waals surface area contributed by atoms with Crippen molar-refractivity contribution < 1.29 is 9.18 Å². The third kappa shape index (κ3) is 3.79. The Kier molecular flexibility index (Phi) is 5.16. The van der Waals surface area contributed by atoms with Crippen molar-refractivity contribution in [1.29, 1.82) is 0 Å². The normalized spacial score (nSPS) is 14.3. The molecule has 0 saturated carbocycles. The number of aromatic nitrogens is 1. The second-order valence-corrected chi connectivity index (χ2v) is 9.00. The number of fused-ring (bicyclic) bond motifs is 1. The number of amides is 1. The van der Waals surface area contributed by atoms with Gasteiger partial charge in [-0.2, -0.15) is 0 Å². The number of nitrogens with zero attached hydrogens (tertiary/aromatic N) is 3. The van der Waals surface area contributed by atoms with Gasteiger partial charge >= 0.3 is 0 Å². The maximum Gasteiger partial charge on any atom is 0.254 e. The van der Waals surface area contributed by atoms with Crippen molar-refractivity contribution >= 4 is 33.8 Å². The van der Waals surface area contributed by atoms with Crippen molar-refractivity contribution in [1.82, 2.24) is 9.88 Å². The Morgan fingerprint density at radius 1 is 0.968 bits per heavy atom. The number of anilines is 1. The number of carbonyl (C=O) groups is 1. The monoisotopic (exact) mass is 431 g/mol. The van der Waals surface area contributed by atoms with Gasteiger partial charge in [0.1, 0.15) is 5.82 Å². The minimum absolute atomic E-state index is 0.00121. The van der Waals surface area contributed by atoms with E-state index in [1.54, 1.807) is 23.5 Å². The zero-order valence-electron chi connectivity index (χ0n) is 17.2. The molecule has 2 aromatic carbocycles. The summed E-state index contributed by atoms with van der Waals surface area (Å²) in [7, 11) is 0. The van der Waals surface area contributed by atoms with Crippen molar-refractivity contribution in [3.8, 4) is 10.6 Å². The summed E-state index contributed by atoms with van der Waals surface area (Å²) in [4.78, 5) is 24.5. The van der Waals surface area contributed by atoms with Crippen molar-refractivity contribution in [2.24, 2.45) is 0 Å². The van der Waals surface area contributed by atoms with Gasteiger partial charge in [-0.05, 0) is 43.3 Å². The summed E-state index contributed by atoms with van der Waals surface area (Å²) in [5.41, 5.74) is 2.91. The van der Waals surface area contributed by atoms with Gasteiger partial charge in [0.25, 0.3) is 5.91 Å². The molecule has 1 amide bonds. The lowest BCUT2D eigenvalue weighted by Gasteiger charge is -2.36. The summed E-state index contributed by atoms with van der Waals surface area (Å²) in [5.74, 6) is -0.223. The summed E-state index contributed by atoms with van der Waals surface area (Å²) in [5, 5.41) is 0.862. The first-order valence-electron chi connectivity index (χ1n) is 10.4. The first-order valence-corrected chi connectivity index (χ1v) is 11.2. The zero-order chi connectivity index (χ0) is 21.4. The van der Waals surface area contributed by atoms with Crippen LogP contribution < -0.4 is 4.90 Å². The zero-order valence-corrected chi connectivity index (χ0v) is 18.0. The second-order valence-electron chi connectivity index (χ2n) is 7.71. The summed E-state index contributed by atoms with van der Waals surface area (Å²) < 4.78 is 14.1. The van der Waals surface area contributed by atoms with Crippen molar-refractivity contribution in [2.45, 2.75) is 6.92 Å². The van der Waals surface area contributed by atoms with E-state index in [2.05, 4.69) is 19.1 Å². The van der Waals surface area contributed by atoms with Crippen LogP contribution in [0.5, 0.6) is 0 Å². The molecule has 3 heterocycles. The quantitative estimate of drug-likeness (QED) is 0.437. The highest BCUT2D eigenvalue weighted by molar-refractivity contribution is 7.15. The van der Waals surface area contributed by atoms with E-state index in [9.17, 15) is 9.18 Å². The van der Waals surface area contributed by atoms with Crippen LogP contribution in [0.15, 0.2) is 66.7 Å². The standard InChI is InChI=1S/C25H22FN3OS/c1-17-10-11-24(31-17)22-16-19(18-6-2-4-8-21(18)27-22)25(30)29-14-12-28(13-15-29)23-9-5-3-7-20(23)26/h2-11,16H,12-15H2,1H3. The molecular weight excluding hydrogens is 409 g/mol. The maximum absolute atomic E-state index is 14.1. The molecule has 0 bridgehead atoms. The van der Waals surface area contributed by atoms with Gasteiger partial charge in [-0.15, -0.1) is 11.3 Å². The van der Waals surface area contributed by atoms with Gasteiger partial charge in [-0.25, -0.2) is 9.37 Å². The SMILES string of the molecule is Cc1ccc(-c2cc(C(=O)N3CCN(c4ccccc4F)CC3)c3ccccc3n2)s1. The van der Waals surface area contributed by atoms with Crippen LogP contribution in [0.4, 0.5) is 10.1 Å². The fourth-order valence-electron chi connectivity index (χ4n) is 4.08. The molecule has 0 unspecified atom stereocenters. The van der Waals surface area contributed by atoms with E-state index in [0.717, 1.165) is 21.5 Å². The van der Waals surface area contributed by atoms with Crippen LogP contribution in [-0.2, 0) is 0 Å². The lowest BCUT2D eigenvalue weighted by Crippen LogP contribution is -2.49. The first-order chi connectivity index (χ1) is 15.1. The molecule has 2 aromatic heterocycles. The first kappa shape index (κ1) is 19.7. The smallest absolute Gasteiger partial charge is 0.254 e. The fraction of sp³-hybridized carbons (Fsp3) is 0.200. The van der Waals surface area contributed by atoms with E-state index in [1.807, 2.05) is 46.2 Å². The van der Waals surface area contributed by atoms with E-state index in [4.69, 9.17) is 4.98 Å². The van der Waals surface area contributed by atoms with E-state index in [1.165, 1.54) is 10.9 Å². The number of halogens is 1. The molecule has 0 radical (unpaired) electrons. The summed E-state index contributed by atoms with van der Waals surface area (Å²) in [6.07, 6.45) is 0. The van der Waals surface area contributed by atoms with Crippen molar-refractivity contribution in [3.05, 3.63) is 83.0 Å². The third-order valence-corrected chi connectivity index (χ3v) is 6.72. The third-order valence-electron chi connectivity index (χ3n) is 5.70. The van der Waals surface area contributed by atoms with Crippen LogP contribution in [0.2, 0.25) is 0 Å². The lowest BCUT2D eigenvalue weighted by molar-refractivity contribution is 0.0748. The summed E-state index contributed by atoms with van der Waals surface area (Å²) >= 11 is 1.68. The Morgan fingerprint density at radius 3 is 2.45 bits per heavy atom. The van der Waals surface area contributed by atoms with E-state index in [0.29, 0.717) is 37.4 Å². The van der Waals surface area contributed by atoms with E-state index >= 15 is 0 Å². The summed E-state index contributed by atoms with van der Waals surface area (Å²) in [6.45, 7) is 4.38. The molecule has 156 valence electrons. The van der Waals surface area contributed by atoms with Crippen LogP contribution in [0, 0.1) is 12.7 Å². The molecule has 4 aromatic rings. The molecule has 0 spiro atoms. The highest BCUT2D eigenvalue weighted by Crippen LogP contribution is 2.30. The number of piperazine rings is 1. The predicted molar refractivity (Wildman–Crippen MR) is 124 cm³/mol. The Labute approximate surface area is 184 Å². The predicted octanol–water partition coefficient (Wildman–Crippen LogP) is 5.37. The largest absolute Gasteiger partial charge is 0.366 e. The Balaban J connectivity index is 1.44. The molecule has 1 saturated heterocycles. The summed E-state index contributed by atoms with van der Waals surface area (Å²) in [6, 6.07) is 20.6. The average molecular weight is 432 g/mol. The molecule has 0 N–H and O–H groups in total. The van der Waals surface area contributed by atoms with Crippen LogP contribution in [0.1, 0.15) is 15.2 Å². The van der Waals surface area contributed by atoms with Gasteiger partial charge in [0.2, 0.25) is 0 Å². The topological polar surface area (TPSA) is 36.4 Å². The van der Waals surface area contributed by atoms with E-state index in [-0.39, 0.29) is 11.7 Å². The Morgan fingerprint density at radius 2 is 1.71 bits per heavy atom. The molecule has 6 heteroatoms. The number of hydrogen-bond donors (Lipinski definition) is 0. The number of para-hydroxylation sites is 2. The van der Waals surface area contributed by atoms with Gasteiger partial charge < -0.3 is 9.80 Å². The average Bonchev–Trinajstić information content (AvgIpc) is 3.25. The number of benzene rings is 2. The van der Waals surface area contributed by atoms with E-state index < -0.39 is 0 Å². The number of pyridine rings is 1. The molecule has 0 aliphatic carbocycles. The van der Waals surface area contributed by atoms with Crippen molar-refractivity contribution in [3.63, 3.8) is 0 Å². The molecular formula is C25H22FN3OS. The molecule has 1 aliphatic heterocycles. The highest BCUT2D eigenvalue weighted by atomic mass is 32.1. The minimum atomic E-state index is -0.224. The lowest BCUT2D eigenvalue weighted by atomic mass is 10.1. The number of carbonyl (C=O) groups excluding carboxylic acids is 1. The van der Waals surface area contributed by atoms with Gasteiger partial charge in [0.15, 0.2) is 0 Å². The van der Waals surface area contributed by atoms with Crippen LogP contribution >= 0.6 is 11.3 Å². The fourth-order valence-corrected chi connectivity index (χ4v) is 4.91. The van der Waals surface area contributed by atoms with Crippen molar-refractivity contribution in [2.75, 3.05) is 31.1 Å². The number of thiophene rings is 1.